The first kappa shape index (κ1) is 23.1. The van der Waals surface area contributed by atoms with Gasteiger partial charge in [-0.15, -0.1) is 0 Å². The standard InChI is InChI=1S/C27H34N4O2/c28-22-24-7-5-23(6-8-24)21-27(32)31-18-16-30(17-19-31)25-9-11-26(12-10-25)33-20-4-15-29-13-2-1-3-14-29/h5-12H,1-4,13-21H2. The van der Waals surface area contributed by atoms with Gasteiger partial charge in [-0.3, -0.25) is 4.79 Å². The molecule has 6 heteroatoms. The Morgan fingerprint density at radius 2 is 1.58 bits per heavy atom. The summed E-state index contributed by atoms with van der Waals surface area (Å²) in [7, 11) is 0. The highest BCUT2D eigenvalue weighted by Gasteiger charge is 2.21. The van der Waals surface area contributed by atoms with Gasteiger partial charge in [-0.1, -0.05) is 18.6 Å². The molecule has 0 aromatic heterocycles. The van der Waals surface area contributed by atoms with Crippen LogP contribution in [0.2, 0.25) is 0 Å². The Labute approximate surface area is 197 Å². The molecule has 174 valence electrons. The molecule has 2 saturated heterocycles. The molecule has 0 bridgehead atoms. The number of carbonyl (C=O) groups excluding carboxylic acids is 1. The first-order chi connectivity index (χ1) is 16.2. The second-order valence-electron chi connectivity index (χ2n) is 8.95. The van der Waals surface area contributed by atoms with Crippen molar-refractivity contribution in [2.75, 3.05) is 57.3 Å². The number of amides is 1. The molecular formula is C27H34N4O2. The second-order valence-corrected chi connectivity index (χ2v) is 8.95. The zero-order valence-corrected chi connectivity index (χ0v) is 19.4. The average molecular weight is 447 g/mol. The molecule has 0 radical (unpaired) electrons. The van der Waals surface area contributed by atoms with Crippen molar-refractivity contribution in [1.82, 2.24) is 9.80 Å². The Balaban J connectivity index is 1.17. The van der Waals surface area contributed by atoms with Crippen LogP contribution in [-0.2, 0) is 11.2 Å². The van der Waals surface area contributed by atoms with Crippen molar-refractivity contribution in [1.29, 1.82) is 5.26 Å². The quantitative estimate of drug-likeness (QED) is 0.579. The monoisotopic (exact) mass is 446 g/mol. The van der Waals surface area contributed by atoms with Gasteiger partial charge in [-0.2, -0.15) is 5.26 Å². The lowest BCUT2D eigenvalue weighted by molar-refractivity contribution is -0.130. The summed E-state index contributed by atoms with van der Waals surface area (Å²) in [5, 5.41) is 8.90. The third kappa shape index (κ3) is 6.72. The molecule has 1 amide bonds. The number of piperazine rings is 1. The van der Waals surface area contributed by atoms with Crippen LogP contribution in [0.15, 0.2) is 48.5 Å². The summed E-state index contributed by atoms with van der Waals surface area (Å²) in [6.07, 6.45) is 5.50. The maximum atomic E-state index is 12.7. The Morgan fingerprint density at radius 1 is 0.879 bits per heavy atom. The van der Waals surface area contributed by atoms with Gasteiger partial charge in [0.25, 0.3) is 0 Å². The number of likely N-dealkylation sites (tertiary alicyclic amines) is 1. The Kier molecular flexibility index (Phi) is 8.21. The summed E-state index contributed by atoms with van der Waals surface area (Å²) >= 11 is 0. The lowest BCUT2D eigenvalue weighted by Gasteiger charge is -2.36. The van der Waals surface area contributed by atoms with Crippen LogP contribution in [0.3, 0.4) is 0 Å². The summed E-state index contributed by atoms with van der Waals surface area (Å²) in [4.78, 5) is 19.5. The van der Waals surface area contributed by atoms with Crippen LogP contribution in [0.1, 0.15) is 36.8 Å². The molecule has 0 atom stereocenters. The smallest absolute Gasteiger partial charge is 0.227 e. The number of anilines is 1. The van der Waals surface area contributed by atoms with Gasteiger partial charge in [-0.05, 0) is 74.3 Å². The molecule has 4 rings (SSSR count). The van der Waals surface area contributed by atoms with Gasteiger partial charge in [0.05, 0.1) is 24.7 Å². The molecular weight excluding hydrogens is 412 g/mol. The Morgan fingerprint density at radius 3 is 2.24 bits per heavy atom. The van der Waals surface area contributed by atoms with E-state index in [0.29, 0.717) is 12.0 Å². The van der Waals surface area contributed by atoms with Gasteiger partial charge in [0, 0.05) is 38.4 Å². The SMILES string of the molecule is N#Cc1ccc(CC(=O)N2CCN(c3ccc(OCCCN4CCCCC4)cc3)CC2)cc1. The van der Waals surface area contributed by atoms with E-state index < -0.39 is 0 Å². The molecule has 6 nitrogen and oxygen atoms in total. The minimum absolute atomic E-state index is 0.146. The third-order valence-electron chi connectivity index (χ3n) is 6.61. The highest BCUT2D eigenvalue weighted by molar-refractivity contribution is 5.79. The highest BCUT2D eigenvalue weighted by Crippen LogP contribution is 2.21. The van der Waals surface area contributed by atoms with E-state index in [-0.39, 0.29) is 5.91 Å². The van der Waals surface area contributed by atoms with Crippen LogP contribution in [0, 0.1) is 11.3 Å². The zero-order valence-electron chi connectivity index (χ0n) is 19.4. The fourth-order valence-corrected chi connectivity index (χ4v) is 4.61. The van der Waals surface area contributed by atoms with Crippen molar-refractivity contribution in [3.63, 3.8) is 0 Å². The molecule has 0 aliphatic carbocycles. The number of hydrogen-bond donors (Lipinski definition) is 0. The van der Waals surface area contributed by atoms with Gasteiger partial charge in [-0.25, -0.2) is 0 Å². The first-order valence-electron chi connectivity index (χ1n) is 12.2. The van der Waals surface area contributed by atoms with Crippen molar-refractivity contribution in [2.45, 2.75) is 32.1 Å². The lowest BCUT2D eigenvalue weighted by Crippen LogP contribution is -2.49. The van der Waals surface area contributed by atoms with Crippen LogP contribution in [0.25, 0.3) is 0 Å². The lowest BCUT2D eigenvalue weighted by atomic mass is 10.1. The number of hydrogen-bond acceptors (Lipinski definition) is 5. The van der Waals surface area contributed by atoms with E-state index in [1.54, 1.807) is 12.1 Å². The average Bonchev–Trinajstić information content (AvgIpc) is 2.88. The summed E-state index contributed by atoms with van der Waals surface area (Å²) in [5.41, 5.74) is 2.75. The minimum Gasteiger partial charge on any atom is -0.494 e. The number of ether oxygens (including phenoxy) is 1. The molecule has 2 aliphatic heterocycles. The molecule has 2 heterocycles. The highest BCUT2D eigenvalue weighted by atomic mass is 16.5. The van der Waals surface area contributed by atoms with Crippen LogP contribution in [0.5, 0.6) is 5.75 Å². The summed E-state index contributed by atoms with van der Waals surface area (Å²) in [6, 6.07) is 17.7. The summed E-state index contributed by atoms with van der Waals surface area (Å²) in [6.45, 7) is 7.48. The number of nitrogens with zero attached hydrogens (tertiary/aromatic N) is 4. The molecule has 0 N–H and O–H groups in total. The molecule has 2 aliphatic rings. The molecule has 0 saturated carbocycles. The fourth-order valence-electron chi connectivity index (χ4n) is 4.61. The Bertz CT molecular complexity index is 922. The van der Waals surface area contributed by atoms with Gasteiger partial charge >= 0.3 is 0 Å². The number of nitriles is 1. The topological polar surface area (TPSA) is 59.8 Å². The van der Waals surface area contributed by atoms with Gasteiger partial charge in [0.1, 0.15) is 5.75 Å². The maximum absolute atomic E-state index is 12.7. The van der Waals surface area contributed by atoms with Crippen LogP contribution in [0.4, 0.5) is 5.69 Å². The van der Waals surface area contributed by atoms with Gasteiger partial charge < -0.3 is 19.4 Å². The van der Waals surface area contributed by atoms with Crippen LogP contribution < -0.4 is 9.64 Å². The fraction of sp³-hybridized carbons (Fsp3) is 0.481. The van der Waals surface area contributed by atoms with E-state index in [2.05, 4.69) is 40.1 Å². The molecule has 33 heavy (non-hydrogen) atoms. The van der Waals surface area contributed by atoms with Crippen LogP contribution >= 0.6 is 0 Å². The first-order valence-corrected chi connectivity index (χ1v) is 12.2. The minimum atomic E-state index is 0.146. The summed E-state index contributed by atoms with van der Waals surface area (Å²) in [5.74, 6) is 1.07. The predicted molar refractivity (Wildman–Crippen MR) is 130 cm³/mol. The number of benzene rings is 2. The van der Waals surface area contributed by atoms with Crippen LogP contribution in [-0.4, -0.2) is 68.1 Å². The van der Waals surface area contributed by atoms with Crippen molar-refractivity contribution in [2.24, 2.45) is 0 Å². The van der Waals surface area contributed by atoms with Crippen molar-refractivity contribution < 1.29 is 9.53 Å². The van der Waals surface area contributed by atoms with E-state index in [0.717, 1.165) is 57.1 Å². The predicted octanol–water partition coefficient (Wildman–Crippen LogP) is 3.70. The zero-order chi connectivity index (χ0) is 22.9. The molecule has 2 aromatic rings. The molecule has 2 aromatic carbocycles. The van der Waals surface area contributed by atoms with Crippen molar-refractivity contribution in [3.8, 4) is 11.8 Å². The number of piperidine rings is 1. The summed E-state index contributed by atoms with van der Waals surface area (Å²) < 4.78 is 5.94. The van der Waals surface area contributed by atoms with E-state index in [9.17, 15) is 4.79 Å². The van der Waals surface area contributed by atoms with Gasteiger partial charge in [0.15, 0.2) is 0 Å². The maximum Gasteiger partial charge on any atom is 0.227 e. The normalized spacial score (nSPS) is 16.9. The molecule has 0 unspecified atom stereocenters. The van der Waals surface area contributed by atoms with E-state index in [4.69, 9.17) is 10.00 Å². The Hall–Kier alpha value is -3.04. The van der Waals surface area contributed by atoms with Gasteiger partial charge in [0.2, 0.25) is 5.91 Å². The van der Waals surface area contributed by atoms with E-state index >= 15 is 0 Å². The number of carbonyl (C=O) groups is 1. The largest absolute Gasteiger partial charge is 0.494 e. The molecule has 2 fully saturated rings. The van der Waals surface area contributed by atoms with Crippen molar-refractivity contribution in [3.05, 3.63) is 59.7 Å². The third-order valence-corrected chi connectivity index (χ3v) is 6.61. The van der Waals surface area contributed by atoms with E-state index in [1.165, 1.54) is 38.0 Å². The van der Waals surface area contributed by atoms with Crippen molar-refractivity contribution >= 4 is 11.6 Å². The second kappa shape index (κ2) is 11.7. The number of rotatable bonds is 8. The van der Waals surface area contributed by atoms with E-state index in [1.807, 2.05) is 17.0 Å². The molecule has 0 spiro atoms.